The third-order valence-corrected chi connectivity index (χ3v) is 10.2. The van der Waals surface area contributed by atoms with Gasteiger partial charge in [0, 0.05) is 19.0 Å². The topological polar surface area (TPSA) is 146 Å². The molecule has 16 heteroatoms. The first-order valence-electron chi connectivity index (χ1n) is 17.8. The number of methoxy groups -OCH3 is 1. The number of aromatic amines is 2. The minimum atomic E-state index is -0.679. The zero-order chi connectivity index (χ0) is 35.5. The molecule has 4 aromatic rings. The molecule has 0 spiro atoms. The van der Waals surface area contributed by atoms with Crippen molar-refractivity contribution in [2.75, 3.05) is 20.2 Å². The molecular weight excluding hydrogens is 763 g/mol. The average Bonchev–Trinajstić information content (AvgIpc) is 3.94. The minimum absolute atomic E-state index is 0. The summed E-state index contributed by atoms with van der Waals surface area (Å²) in [6, 6.07) is 13.0. The van der Waals surface area contributed by atoms with Crippen LogP contribution in [0.25, 0.3) is 22.3 Å². The van der Waals surface area contributed by atoms with Crippen molar-refractivity contribution >= 4 is 82.9 Å². The molecule has 2 saturated heterocycles. The highest BCUT2D eigenvalue weighted by molar-refractivity contribution is 7.59. The van der Waals surface area contributed by atoms with Crippen molar-refractivity contribution in [3.63, 3.8) is 0 Å². The average molecular weight is 820 g/mol. The maximum atomic E-state index is 13.5. The molecule has 2 aliphatic heterocycles. The lowest BCUT2D eigenvalue weighted by atomic mass is 9.96. The van der Waals surface area contributed by atoms with E-state index >= 15 is 0 Å². The van der Waals surface area contributed by atoms with E-state index in [0.29, 0.717) is 19.1 Å². The molecule has 4 heterocycles. The number of alkyl carbamates (subject to hydrolysis) is 1. The zero-order valence-corrected chi connectivity index (χ0v) is 35.9. The number of imidazole rings is 2. The number of amides is 3. The second kappa shape index (κ2) is 20.4. The first-order valence-corrected chi connectivity index (χ1v) is 17.8. The number of benzene rings is 2. The number of fused-ring (bicyclic) bond motifs is 1. The van der Waals surface area contributed by atoms with Crippen molar-refractivity contribution in [1.29, 1.82) is 0 Å². The standard InChI is InChI=1S/C38H49N7O5.4H2S/c1-22(2)24(5)36(46)44-17-8-10-32(44)35-40-28-16-11-25(19-29(28)41-35)21-50-27-14-12-26(13-15-27)30-20-39-34(42-30)31-9-7-18-45(31)37(47)33(23(3)4)43-38(48)49-6;;;;/h11-16,19-20,22-24,31-33H,7-10,17-18,21H2,1-6H3,(H,39,42)(H,40,41)(H,43,48);4*1H2/t24-,31-,32-,33-;;;;/m0..../s1. The van der Waals surface area contributed by atoms with Gasteiger partial charge in [0.15, 0.2) is 0 Å². The molecule has 0 radical (unpaired) electrons. The number of hydrogen-bond acceptors (Lipinski definition) is 7. The Labute approximate surface area is 346 Å². The summed E-state index contributed by atoms with van der Waals surface area (Å²) in [6.45, 7) is 11.8. The summed E-state index contributed by atoms with van der Waals surface area (Å²) < 4.78 is 10.9. The Bertz CT molecular complexity index is 1830. The smallest absolute Gasteiger partial charge is 0.407 e. The highest BCUT2D eigenvalue weighted by Gasteiger charge is 2.38. The van der Waals surface area contributed by atoms with Crippen molar-refractivity contribution in [2.24, 2.45) is 17.8 Å². The summed E-state index contributed by atoms with van der Waals surface area (Å²) >= 11 is 0. The third-order valence-electron chi connectivity index (χ3n) is 10.2. The van der Waals surface area contributed by atoms with Crippen LogP contribution in [0.2, 0.25) is 0 Å². The van der Waals surface area contributed by atoms with Gasteiger partial charge in [0.05, 0.1) is 42.1 Å². The van der Waals surface area contributed by atoms with Crippen molar-refractivity contribution in [3.8, 4) is 17.0 Å². The first-order chi connectivity index (χ1) is 24.0. The number of carbonyl (C=O) groups is 3. The molecule has 0 aliphatic carbocycles. The Balaban J connectivity index is 0.00000252. The van der Waals surface area contributed by atoms with Gasteiger partial charge in [-0.05, 0) is 85.0 Å². The monoisotopic (exact) mass is 819 g/mol. The van der Waals surface area contributed by atoms with E-state index in [2.05, 4.69) is 40.2 Å². The number of rotatable bonds is 11. The number of nitrogens with one attached hydrogen (secondary N) is 3. The van der Waals surface area contributed by atoms with Crippen LogP contribution in [0.3, 0.4) is 0 Å². The molecule has 2 aromatic carbocycles. The number of H-pyrrole nitrogens is 2. The van der Waals surface area contributed by atoms with E-state index in [4.69, 9.17) is 14.5 Å². The lowest BCUT2D eigenvalue weighted by molar-refractivity contribution is -0.137. The third kappa shape index (κ3) is 10.2. The van der Waals surface area contributed by atoms with E-state index in [0.717, 1.165) is 77.5 Å². The quantitative estimate of drug-likeness (QED) is 0.148. The fraction of sp³-hybridized carbons (Fsp3) is 0.500. The molecular formula is C38H57N7O5S4. The molecule has 3 amide bonds. The number of likely N-dealkylation sites (tertiary alicyclic amines) is 2. The van der Waals surface area contributed by atoms with E-state index < -0.39 is 12.1 Å². The zero-order valence-electron chi connectivity index (χ0n) is 31.9. The summed E-state index contributed by atoms with van der Waals surface area (Å²) in [4.78, 5) is 58.8. The van der Waals surface area contributed by atoms with Gasteiger partial charge < -0.3 is 34.6 Å². The number of aromatic nitrogens is 4. The Hall–Kier alpha value is -3.47. The van der Waals surface area contributed by atoms with Gasteiger partial charge in [0.2, 0.25) is 11.8 Å². The number of hydrogen-bond donors (Lipinski definition) is 3. The van der Waals surface area contributed by atoms with E-state index in [1.807, 2.05) is 62.1 Å². The normalized spacial score (nSPS) is 17.6. The van der Waals surface area contributed by atoms with Crippen molar-refractivity contribution in [3.05, 3.63) is 65.9 Å². The van der Waals surface area contributed by atoms with Crippen LogP contribution >= 0.6 is 54.0 Å². The number of carbonyl (C=O) groups excluding carboxylic acids is 3. The summed E-state index contributed by atoms with van der Waals surface area (Å²) in [5, 5.41) is 2.69. The van der Waals surface area contributed by atoms with Crippen molar-refractivity contribution < 1.29 is 23.9 Å². The predicted octanol–water partition coefficient (Wildman–Crippen LogP) is 6.98. The van der Waals surface area contributed by atoms with Crippen LogP contribution in [0.1, 0.15) is 89.6 Å². The largest absolute Gasteiger partial charge is 0.489 e. The predicted molar refractivity (Wildman–Crippen MR) is 232 cm³/mol. The second-order valence-electron chi connectivity index (χ2n) is 14.2. The molecule has 2 aliphatic rings. The van der Waals surface area contributed by atoms with Crippen LogP contribution in [0.5, 0.6) is 5.75 Å². The number of ether oxygens (including phenoxy) is 2. The summed E-state index contributed by atoms with van der Waals surface area (Å²) in [6.07, 6.45) is 4.71. The fourth-order valence-electron chi connectivity index (χ4n) is 6.93. The lowest BCUT2D eigenvalue weighted by Crippen LogP contribution is -2.51. The van der Waals surface area contributed by atoms with Crippen molar-refractivity contribution in [2.45, 2.75) is 85.0 Å². The van der Waals surface area contributed by atoms with Gasteiger partial charge in [-0.3, -0.25) is 9.59 Å². The highest BCUT2D eigenvalue weighted by atomic mass is 32.1. The maximum Gasteiger partial charge on any atom is 0.407 e. The molecule has 4 atom stereocenters. The molecule has 3 N–H and O–H groups in total. The minimum Gasteiger partial charge on any atom is -0.489 e. The Morgan fingerprint density at radius 3 is 2.07 bits per heavy atom. The van der Waals surface area contributed by atoms with Crippen LogP contribution < -0.4 is 10.1 Å². The lowest BCUT2D eigenvalue weighted by Gasteiger charge is -2.30. The van der Waals surface area contributed by atoms with Crippen LogP contribution in [-0.4, -0.2) is 73.9 Å². The molecule has 2 fully saturated rings. The van der Waals surface area contributed by atoms with E-state index in [1.165, 1.54) is 7.11 Å². The Morgan fingerprint density at radius 1 is 0.833 bits per heavy atom. The Kier molecular flexibility index (Phi) is 17.7. The van der Waals surface area contributed by atoms with Crippen LogP contribution in [0.15, 0.2) is 48.7 Å². The molecule has 298 valence electrons. The van der Waals surface area contributed by atoms with Gasteiger partial charge >= 0.3 is 6.09 Å². The molecule has 0 saturated carbocycles. The molecule has 0 unspecified atom stereocenters. The molecule has 54 heavy (non-hydrogen) atoms. The van der Waals surface area contributed by atoms with E-state index in [1.54, 1.807) is 11.1 Å². The SMILES string of the molecule is COC(=O)N[C@H](C(=O)N1CCC[C@H]1c1ncc(-c2ccc(OCc3ccc4nc([C@@H]5CCCN5C(=O)[C@@H](C)C(C)C)[nH]c4c3)cc2)[nH]1)C(C)C.S.S.S.S. The molecule has 6 rings (SSSR count). The van der Waals surface area contributed by atoms with E-state index in [-0.39, 0.29) is 89.7 Å². The fourth-order valence-corrected chi connectivity index (χ4v) is 6.93. The van der Waals surface area contributed by atoms with Gasteiger partial charge in [0.1, 0.15) is 30.0 Å². The van der Waals surface area contributed by atoms with Gasteiger partial charge in [0.25, 0.3) is 0 Å². The van der Waals surface area contributed by atoms with Gasteiger partial charge in [-0.2, -0.15) is 54.0 Å². The number of nitrogens with zero attached hydrogens (tertiary/aromatic N) is 4. The van der Waals surface area contributed by atoms with Crippen LogP contribution in [0, 0.1) is 17.8 Å². The molecule has 0 bridgehead atoms. The van der Waals surface area contributed by atoms with Gasteiger partial charge in [-0.1, -0.05) is 40.7 Å². The molecule has 12 nitrogen and oxygen atoms in total. The van der Waals surface area contributed by atoms with Gasteiger partial charge in [-0.25, -0.2) is 14.8 Å². The summed E-state index contributed by atoms with van der Waals surface area (Å²) in [5.41, 5.74) is 4.63. The summed E-state index contributed by atoms with van der Waals surface area (Å²) in [7, 11) is 1.29. The van der Waals surface area contributed by atoms with E-state index in [9.17, 15) is 14.4 Å². The molecule has 2 aromatic heterocycles. The first kappa shape index (κ1) is 46.7. The summed E-state index contributed by atoms with van der Waals surface area (Å²) in [5.74, 6) is 2.56. The van der Waals surface area contributed by atoms with Crippen molar-refractivity contribution in [1.82, 2.24) is 35.1 Å². The highest BCUT2D eigenvalue weighted by Crippen LogP contribution is 2.35. The van der Waals surface area contributed by atoms with Crippen LogP contribution in [-0.2, 0) is 20.9 Å². The second-order valence-corrected chi connectivity index (χ2v) is 14.2. The maximum absolute atomic E-state index is 13.5. The van der Waals surface area contributed by atoms with Crippen LogP contribution in [0.4, 0.5) is 4.79 Å². The Morgan fingerprint density at radius 2 is 1.46 bits per heavy atom. The van der Waals surface area contributed by atoms with Gasteiger partial charge in [-0.15, -0.1) is 0 Å².